The largest absolute Gasteiger partial charge is 0.384 e. The summed E-state index contributed by atoms with van der Waals surface area (Å²) in [5.74, 6) is 12.8. The summed E-state index contributed by atoms with van der Waals surface area (Å²) in [6, 6.07) is 0. The van der Waals surface area contributed by atoms with Crippen LogP contribution in [0.5, 0.6) is 0 Å². The predicted molar refractivity (Wildman–Crippen MR) is 143 cm³/mol. The van der Waals surface area contributed by atoms with Gasteiger partial charge in [-0.05, 0) is 69.3 Å². The first kappa shape index (κ1) is 31.1. The molecule has 0 aromatic carbocycles. The second-order valence-electron chi connectivity index (χ2n) is 8.74. The Morgan fingerprint density at radius 1 is 0.606 bits per heavy atom. The highest BCUT2D eigenvalue weighted by Gasteiger charge is 1.98. The fourth-order valence-electron chi connectivity index (χ4n) is 3.73. The van der Waals surface area contributed by atoms with Crippen molar-refractivity contribution in [1.29, 1.82) is 0 Å². The van der Waals surface area contributed by atoms with Gasteiger partial charge in [0.1, 0.15) is 12.7 Å². The molecule has 0 saturated carbocycles. The van der Waals surface area contributed by atoms with Crippen molar-refractivity contribution in [3.63, 3.8) is 0 Å². The summed E-state index contributed by atoms with van der Waals surface area (Å²) in [5, 5.41) is 18.2. The number of unbranched alkanes of at least 4 members (excludes halogenated alkanes) is 16. The number of aliphatic hydroxyl groups excluding tert-OH is 2. The average molecular weight is 453 g/mol. The van der Waals surface area contributed by atoms with E-state index < -0.39 is 6.10 Å². The molecule has 0 amide bonds. The maximum Gasteiger partial charge on any atom is 0.115 e. The molecule has 0 unspecified atom stereocenters. The van der Waals surface area contributed by atoms with Crippen LogP contribution >= 0.6 is 0 Å². The van der Waals surface area contributed by atoms with Gasteiger partial charge in [-0.25, -0.2) is 0 Å². The summed E-state index contributed by atoms with van der Waals surface area (Å²) in [7, 11) is 0. The van der Waals surface area contributed by atoms with Crippen molar-refractivity contribution in [2.45, 2.75) is 128 Å². The van der Waals surface area contributed by atoms with Gasteiger partial charge in [0, 0.05) is 0 Å². The van der Waals surface area contributed by atoms with E-state index in [9.17, 15) is 5.11 Å². The lowest BCUT2D eigenvalue weighted by Crippen LogP contribution is -2.01. The van der Waals surface area contributed by atoms with E-state index in [1.54, 1.807) is 0 Å². The highest BCUT2D eigenvalue weighted by molar-refractivity contribution is 5.27. The molecule has 2 heteroatoms. The van der Waals surface area contributed by atoms with Crippen LogP contribution in [0.15, 0.2) is 24.3 Å². The van der Waals surface area contributed by atoms with Crippen LogP contribution in [0, 0.1) is 36.0 Å². The normalized spacial score (nSPS) is 11.7. The molecular weight excluding hydrogens is 404 g/mol. The van der Waals surface area contributed by atoms with E-state index >= 15 is 0 Å². The number of aliphatic hydroxyl groups is 2. The maximum atomic E-state index is 9.70. The minimum atomic E-state index is -0.590. The van der Waals surface area contributed by atoms with E-state index in [4.69, 9.17) is 11.5 Å². The SMILES string of the molecule is C#C/C=C\CCCCCCCCCC/C=C\CCCCCCCCC[C@H](O)C#CC#CCO. The Morgan fingerprint density at radius 2 is 1.06 bits per heavy atom. The summed E-state index contributed by atoms with van der Waals surface area (Å²) in [6.45, 7) is -0.184. The number of hydrogen-bond acceptors (Lipinski definition) is 2. The second kappa shape index (κ2) is 28.1. The van der Waals surface area contributed by atoms with E-state index in [1.165, 1.54) is 96.3 Å². The highest BCUT2D eigenvalue weighted by atomic mass is 16.3. The number of terminal acetylenes is 1. The molecule has 2 nitrogen and oxygen atoms in total. The van der Waals surface area contributed by atoms with E-state index in [1.807, 2.05) is 6.08 Å². The standard InChI is InChI=1S/C31H48O2/c1-2-3-4-5-6-7-8-9-10-11-12-13-14-15-16-17-18-19-20-21-22-23-25-28-31(33)29-26-24-27-30-32/h1,3-4,15-16,31-33H,5-14,17-23,25,28,30H2/b4-3-,16-15-/t31-/m0/s1. The summed E-state index contributed by atoms with van der Waals surface area (Å²) in [4.78, 5) is 0. The van der Waals surface area contributed by atoms with E-state index in [2.05, 4.69) is 47.8 Å². The molecule has 0 spiro atoms. The Morgan fingerprint density at radius 3 is 1.55 bits per heavy atom. The predicted octanol–water partition coefficient (Wildman–Crippen LogP) is 7.50. The topological polar surface area (TPSA) is 40.5 Å². The zero-order valence-corrected chi connectivity index (χ0v) is 21.0. The van der Waals surface area contributed by atoms with Crippen molar-refractivity contribution in [2.75, 3.05) is 6.61 Å². The number of allylic oxidation sites excluding steroid dienone is 4. The minimum absolute atomic E-state index is 0.184. The average Bonchev–Trinajstić information content (AvgIpc) is 2.82. The molecule has 0 bridgehead atoms. The number of hydrogen-bond donors (Lipinski definition) is 2. The fraction of sp³-hybridized carbons (Fsp3) is 0.677. The molecule has 0 aromatic rings. The van der Waals surface area contributed by atoms with Gasteiger partial charge in [0.15, 0.2) is 0 Å². The first-order valence-corrected chi connectivity index (χ1v) is 13.3. The molecule has 0 saturated heterocycles. The molecule has 0 radical (unpaired) electrons. The Hall–Kier alpha value is -1.92. The van der Waals surface area contributed by atoms with Crippen molar-refractivity contribution < 1.29 is 10.2 Å². The van der Waals surface area contributed by atoms with Gasteiger partial charge in [0.25, 0.3) is 0 Å². The number of rotatable bonds is 21. The molecule has 0 aromatic heterocycles. The Bertz CT molecular complexity index is 630. The molecule has 0 rings (SSSR count). The van der Waals surface area contributed by atoms with Crippen molar-refractivity contribution in [2.24, 2.45) is 0 Å². The molecule has 0 aliphatic rings. The fourth-order valence-corrected chi connectivity index (χ4v) is 3.73. The second-order valence-corrected chi connectivity index (χ2v) is 8.74. The van der Waals surface area contributed by atoms with Crippen LogP contribution in [0.1, 0.15) is 122 Å². The summed E-state index contributed by atoms with van der Waals surface area (Å²) in [5.41, 5.74) is 0. The van der Waals surface area contributed by atoms with E-state index in [-0.39, 0.29) is 6.61 Å². The van der Waals surface area contributed by atoms with Gasteiger partial charge in [0.05, 0.1) is 0 Å². The smallest absolute Gasteiger partial charge is 0.115 e. The lowest BCUT2D eigenvalue weighted by molar-refractivity contribution is 0.217. The van der Waals surface area contributed by atoms with Crippen LogP contribution in [0.2, 0.25) is 0 Å². The van der Waals surface area contributed by atoms with Gasteiger partial charge in [-0.3, -0.25) is 0 Å². The molecule has 33 heavy (non-hydrogen) atoms. The minimum Gasteiger partial charge on any atom is -0.384 e. The summed E-state index contributed by atoms with van der Waals surface area (Å²) < 4.78 is 0. The molecular formula is C31H48O2. The third-order valence-corrected chi connectivity index (χ3v) is 5.69. The van der Waals surface area contributed by atoms with E-state index in [0.29, 0.717) is 6.42 Å². The summed E-state index contributed by atoms with van der Waals surface area (Å²) in [6.07, 6.45) is 37.0. The van der Waals surface area contributed by atoms with Crippen molar-refractivity contribution in [3.8, 4) is 36.0 Å². The van der Waals surface area contributed by atoms with E-state index in [0.717, 1.165) is 19.3 Å². The van der Waals surface area contributed by atoms with Crippen LogP contribution in [-0.4, -0.2) is 22.9 Å². The van der Waals surface area contributed by atoms with Gasteiger partial charge >= 0.3 is 0 Å². The molecule has 2 N–H and O–H groups in total. The Balaban J connectivity index is 3.25. The molecule has 0 aliphatic heterocycles. The monoisotopic (exact) mass is 452 g/mol. The first-order valence-electron chi connectivity index (χ1n) is 13.3. The maximum absolute atomic E-state index is 9.70. The van der Waals surface area contributed by atoms with Gasteiger partial charge < -0.3 is 10.2 Å². The van der Waals surface area contributed by atoms with Crippen molar-refractivity contribution in [1.82, 2.24) is 0 Å². The third-order valence-electron chi connectivity index (χ3n) is 5.69. The molecule has 0 fully saturated rings. The van der Waals surface area contributed by atoms with Crippen LogP contribution in [0.3, 0.4) is 0 Å². The van der Waals surface area contributed by atoms with Crippen molar-refractivity contribution >= 4 is 0 Å². The van der Waals surface area contributed by atoms with Crippen molar-refractivity contribution in [3.05, 3.63) is 24.3 Å². The van der Waals surface area contributed by atoms with Crippen LogP contribution in [0.25, 0.3) is 0 Å². The quantitative estimate of drug-likeness (QED) is 0.107. The van der Waals surface area contributed by atoms with Gasteiger partial charge in [0.2, 0.25) is 0 Å². The van der Waals surface area contributed by atoms with Crippen LogP contribution in [-0.2, 0) is 0 Å². The molecule has 0 heterocycles. The van der Waals surface area contributed by atoms with Gasteiger partial charge in [-0.15, -0.1) is 6.42 Å². The Kier molecular flexibility index (Phi) is 26.5. The first-order chi connectivity index (χ1) is 16.3. The highest BCUT2D eigenvalue weighted by Crippen LogP contribution is 2.13. The zero-order chi connectivity index (χ0) is 24.1. The van der Waals surface area contributed by atoms with Crippen LogP contribution in [0.4, 0.5) is 0 Å². The van der Waals surface area contributed by atoms with Gasteiger partial charge in [-0.2, -0.15) is 0 Å². The lowest BCUT2D eigenvalue weighted by Gasteiger charge is -2.03. The Labute approximate surface area is 205 Å². The third kappa shape index (κ3) is 28.0. The lowest BCUT2D eigenvalue weighted by atomic mass is 10.0. The molecule has 1 atom stereocenters. The van der Waals surface area contributed by atoms with Gasteiger partial charge in [-0.1, -0.05) is 107 Å². The molecule has 184 valence electrons. The summed E-state index contributed by atoms with van der Waals surface area (Å²) >= 11 is 0. The molecule has 0 aliphatic carbocycles. The van der Waals surface area contributed by atoms with Crippen LogP contribution < -0.4 is 0 Å². The zero-order valence-electron chi connectivity index (χ0n) is 21.0.